The summed E-state index contributed by atoms with van der Waals surface area (Å²) in [6.45, 7) is 3.91. The zero-order valence-electron chi connectivity index (χ0n) is 39.3. The number of rotatable bonds is 40. The lowest BCUT2D eigenvalue weighted by Gasteiger charge is -2.40. The van der Waals surface area contributed by atoms with E-state index in [-0.39, 0.29) is 24.9 Å². The molecule has 1 aliphatic heterocycles. The summed E-state index contributed by atoms with van der Waals surface area (Å²) in [5, 5.41) is 54.0. The van der Waals surface area contributed by atoms with Crippen LogP contribution in [0.5, 0.6) is 0 Å². The predicted molar refractivity (Wildman–Crippen MR) is 255 cm³/mol. The van der Waals surface area contributed by atoms with Crippen molar-refractivity contribution in [1.29, 1.82) is 0 Å². The van der Waals surface area contributed by atoms with Gasteiger partial charge in [-0.1, -0.05) is 131 Å². The first-order valence-electron chi connectivity index (χ1n) is 24.7. The Morgan fingerprint density at radius 2 is 1.14 bits per heavy atom. The zero-order valence-corrected chi connectivity index (χ0v) is 39.3. The normalized spacial score (nSPS) is 20.7. The van der Waals surface area contributed by atoms with Crippen LogP contribution in [0.2, 0.25) is 0 Å². The molecule has 0 spiro atoms. The lowest BCUT2D eigenvalue weighted by atomic mass is 9.99. The maximum atomic E-state index is 12.9. The maximum Gasteiger partial charge on any atom is 0.305 e. The Hall–Kier alpha value is -2.90. The van der Waals surface area contributed by atoms with Gasteiger partial charge in [0.2, 0.25) is 5.91 Å². The average Bonchev–Trinajstić information content (AvgIpc) is 3.28. The zero-order chi connectivity index (χ0) is 46.0. The average molecular weight is 888 g/mol. The van der Waals surface area contributed by atoms with Crippen LogP contribution >= 0.6 is 0 Å². The monoisotopic (exact) mass is 888 g/mol. The van der Waals surface area contributed by atoms with Crippen molar-refractivity contribution >= 4 is 11.9 Å². The van der Waals surface area contributed by atoms with E-state index in [2.05, 4.69) is 66.9 Å². The molecule has 1 saturated heterocycles. The maximum absolute atomic E-state index is 12.9. The van der Waals surface area contributed by atoms with Crippen molar-refractivity contribution in [1.82, 2.24) is 5.32 Å². The molecule has 0 bridgehead atoms. The topological polar surface area (TPSA) is 175 Å². The van der Waals surface area contributed by atoms with Gasteiger partial charge in [-0.05, 0) is 110 Å². The summed E-state index contributed by atoms with van der Waals surface area (Å²) >= 11 is 0. The van der Waals surface area contributed by atoms with Crippen LogP contribution in [0.15, 0.2) is 72.9 Å². The predicted octanol–water partition coefficient (Wildman–Crippen LogP) is 9.71. The highest BCUT2D eigenvalue weighted by molar-refractivity contribution is 5.76. The van der Waals surface area contributed by atoms with Gasteiger partial charge in [0.05, 0.1) is 32.0 Å². The van der Waals surface area contributed by atoms with Gasteiger partial charge in [-0.2, -0.15) is 0 Å². The molecule has 1 amide bonds. The highest BCUT2D eigenvalue weighted by atomic mass is 16.7. The van der Waals surface area contributed by atoms with E-state index in [9.17, 15) is 35.1 Å². The molecule has 1 fully saturated rings. The second kappa shape index (κ2) is 41.8. The molecule has 11 heteroatoms. The number of ether oxygens (including phenoxy) is 3. The Balaban J connectivity index is 2.19. The summed E-state index contributed by atoms with van der Waals surface area (Å²) in [5.74, 6) is -0.308. The summed E-state index contributed by atoms with van der Waals surface area (Å²) in [7, 11) is 0. The smallest absolute Gasteiger partial charge is 0.305 e. The molecule has 7 unspecified atom stereocenters. The van der Waals surface area contributed by atoms with Gasteiger partial charge in [0.15, 0.2) is 6.29 Å². The third-order valence-electron chi connectivity index (χ3n) is 11.1. The number of nitrogens with one attached hydrogen (secondary N) is 1. The molecule has 11 nitrogen and oxygen atoms in total. The van der Waals surface area contributed by atoms with Crippen molar-refractivity contribution in [3.8, 4) is 0 Å². The van der Waals surface area contributed by atoms with Crippen LogP contribution in [0, 0.1) is 0 Å². The number of amides is 1. The van der Waals surface area contributed by atoms with Gasteiger partial charge in [-0.3, -0.25) is 9.59 Å². The first-order chi connectivity index (χ1) is 30.7. The molecular weight excluding hydrogens is 799 g/mol. The number of aliphatic hydroxyl groups excluding tert-OH is 5. The molecule has 0 aliphatic carbocycles. The fraction of sp³-hybridized carbons (Fsp3) is 0.731. The van der Waals surface area contributed by atoms with Gasteiger partial charge < -0.3 is 45.1 Å². The van der Waals surface area contributed by atoms with E-state index in [1.54, 1.807) is 6.08 Å². The third kappa shape index (κ3) is 32.4. The molecule has 7 atom stereocenters. The number of hydrogen-bond acceptors (Lipinski definition) is 10. The van der Waals surface area contributed by atoms with E-state index in [4.69, 9.17) is 14.2 Å². The minimum absolute atomic E-state index is 0.0755. The van der Waals surface area contributed by atoms with Crippen molar-refractivity contribution < 1.29 is 49.3 Å². The lowest BCUT2D eigenvalue weighted by Crippen LogP contribution is -2.60. The van der Waals surface area contributed by atoms with Gasteiger partial charge in [-0.15, -0.1) is 0 Å². The number of carbonyl (C=O) groups excluding carboxylic acids is 2. The van der Waals surface area contributed by atoms with Gasteiger partial charge in [0, 0.05) is 12.8 Å². The molecule has 0 aromatic rings. The summed E-state index contributed by atoms with van der Waals surface area (Å²) in [6.07, 6.45) is 42.9. The van der Waals surface area contributed by atoms with Crippen LogP contribution in [-0.2, 0) is 23.8 Å². The van der Waals surface area contributed by atoms with E-state index >= 15 is 0 Å². The second-order valence-electron chi connectivity index (χ2n) is 16.8. The van der Waals surface area contributed by atoms with Gasteiger partial charge in [-0.25, -0.2) is 0 Å². The minimum atomic E-state index is -1.59. The number of aliphatic hydroxyl groups is 5. The molecule has 0 saturated carbocycles. The summed E-state index contributed by atoms with van der Waals surface area (Å²) in [6, 6.07) is -0.856. The van der Waals surface area contributed by atoms with Crippen LogP contribution in [0.3, 0.4) is 0 Å². The fourth-order valence-corrected chi connectivity index (χ4v) is 7.08. The number of carbonyl (C=O) groups is 2. The Morgan fingerprint density at radius 3 is 1.76 bits per heavy atom. The molecule has 362 valence electrons. The third-order valence-corrected chi connectivity index (χ3v) is 11.1. The number of hydrogen-bond donors (Lipinski definition) is 6. The minimum Gasteiger partial charge on any atom is -0.466 e. The van der Waals surface area contributed by atoms with Gasteiger partial charge >= 0.3 is 5.97 Å². The number of unbranched alkanes of at least 4 members (excludes halogenated alkanes) is 17. The fourth-order valence-electron chi connectivity index (χ4n) is 7.08. The van der Waals surface area contributed by atoms with Crippen LogP contribution in [0.25, 0.3) is 0 Å². The standard InChI is InChI=1S/C52H89NO10/c1-3-5-7-9-11-13-14-15-16-17-20-24-28-32-36-40-48(57)61-41-37-33-29-25-21-18-19-23-27-31-35-39-47(56)53-44(45(55)38-34-30-26-22-12-10-8-6-4-2)43-62-52-51(60)50(59)49(58)46(42-54)63-52/h4,6,11-13,15-16,21-22,25,34,38,44-46,49-52,54-55,58-60H,3,5,7-10,14,17-20,23-24,26-33,35-37,39-43H2,1-2H3,(H,53,56)/b6-4+,13-11-,16-15-,22-12+,25-21-,38-34+. The quantitative estimate of drug-likeness (QED) is 0.0198. The molecule has 0 radical (unpaired) electrons. The van der Waals surface area contributed by atoms with Gasteiger partial charge in [0.1, 0.15) is 24.4 Å². The molecule has 1 heterocycles. The van der Waals surface area contributed by atoms with Crippen molar-refractivity contribution in [3.63, 3.8) is 0 Å². The molecular formula is C52H89NO10. The Kier molecular flexibility index (Phi) is 38.5. The Bertz CT molecular complexity index is 1280. The van der Waals surface area contributed by atoms with E-state index < -0.39 is 49.5 Å². The summed E-state index contributed by atoms with van der Waals surface area (Å²) in [5.41, 5.74) is 0. The van der Waals surface area contributed by atoms with Gasteiger partial charge in [0.25, 0.3) is 0 Å². The van der Waals surface area contributed by atoms with Crippen LogP contribution in [0.1, 0.15) is 181 Å². The molecule has 6 N–H and O–H groups in total. The number of allylic oxidation sites excluding steroid dienone is 11. The van der Waals surface area contributed by atoms with E-state index in [0.717, 1.165) is 96.3 Å². The highest BCUT2D eigenvalue weighted by Gasteiger charge is 2.44. The largest absolute Gasteiger partial charge is 0.466 e. The van der Waals surface area contributed by atoms with E-state index in [0.29, 0.717) is 25.9 Å². The summed E-state index contributed by atoms with van der Waals surface area (Å²) < 4.78 is 16.6. The number of esters is 1. The van der Waals surface area contributed by atoms with Crippen molar-refractivity contribution in [2.75, 3.05) is 19.8 Å². The highest BCUT2D eigenvalue weighted by Crippen LogP contribution is 2.22. The molecule has 1 aliphatic rings. The molecule has 0 aromatic heterocycles. The van der Waals surface area contributed by atoms with Crippen molar-refractivity contribution in [2.24, 2.45) is 0 Å². The first-order valence-corrected chi connectivity index (χ1v) is 24.7. The summed E-state index contributed by atoms with van der Waals surface area (Å²) in [4.78, 5) is 25.0. The lowest BCUT2D eigenvalue weighted by molar-refractivity contribution is -0.302. The van der Waals surface area contributed by atoms with Crippen molar-refractivity contribution in [3.05, 3.63) is 72.9 Å². The first kappa shape index (κ1) is 58.1. The SMILES string of the molecule is C/C=C/CC/C=C/CC/C=C/C(O)C(COC1OC(CO)C(O)C(O)C1O)NC(=O)CCCCCCC/C=C\CCCCOC(=O)CCCCCCC/C=C\C/C=C\CCCCC. The Labute approximate surface area is 381 Å². The van der Waals surface area contributed by atoms with Crippen molar-refractivity contribution in [2.45, 2.75) is 224 Å². The van der Waals surface area contributed by atoms with Crippen LogP contribution in [0.4, 0.5) is 0 Å². The Morgan fingerprint density at radius 1 is 0.619 bits per heavy atom. The van der Waals surface area contributed by atoms with Crippen LogP contribution in [-0.4, -0.2) is 100 Å². The van der Waals surface area contributed by atoms with Crippen LogP contribution < -0.4 is 5.32 Å². The second-order valence-corrected chi connectivity index (χ2v) is 16.8. The molecule has 0 aromatic carbocycles. The molecule has 1 rings (SSSR count). The van der Waals surface area contributed by atoms with E-state index in [1.165, 1.54) is 44.9 Å². The molecule has 63 heavy (non-hydrogen) atoms. The van der Waals surface area contributed by atoms with E-state index in [1.807, 2.05) is 19.1 Å².